The van der Waals surface area contributed by atoms with Gasteiger partial charge in [0, 0.05) is 17.6 Å². The second-order valence-electron chi connectivity index (χ2n) is 7.70. The number of nitrogens with two attached hydrogens (primary N) is 1. The lowest BCUT2D eigenvalue weighted by molar-refractivity contribution is -0.139. The van der Waals surface area contributed by atoms with Crippen LogP contribution >= 0.6 is 0 Å². The number of nitrogens with zero attached hydrogens (tertiary/aromatic N) is 1. The lowest BCUT2D eigenvalue weighted by Crippen LogP contribution is -2.19. The van der Waals surface area contributed by atoms with Crippen molar-refractivity contribution in [2.75, 3.05) is 6.61 Å². The van der Waals surface area contributed by atoms with Gasteiger partial charge in [0.15, 0.2) is 6.61 Å². The third kappa shape index (κ3) is 3.35. The number of ether oxygens (including phenoxy) is 1. The zero-order valence-electron chi connectivity index (χ0n) is 16.6. The molecule has 150 valence electrons. The average Bonchev–Trinajstić information content (AvgIpc) is 3.22. The number of carboxylic acids is 1. The van der Waals surface area contributed by atoms with Crippen molar-refractivity contribution in [3.63, 3.8) is 0 Å². The summed E-state index contributed by atoms with van der Waals surface area (Å²) in [7, 11) is 0. The summed E-state index contributed by atoms with van der Waals surface area (Å²) in [5, 5.41) is 9.83. The average molecular weight is 392 g/mol. The van der Waals surface area contributed by atoms with Crippen LogP contribution in [0.1, 0.15) is 40.3 Å². The predicted octanol–water partition coefficient (Wildman–Crippen LogP) is 3.28. The Morgan fingerprint density at radius 1 is 1.24 bits per heavy atom. The van der Waals surface area contributed by atoms with Crippen LogP contribution in [0.2, 0.25) is 0 Å². The molecule has 1 heterocycles. The van der Waals surface area contributed by atoms with Crippen LogP contribution in [-0.2, 0) is 22.6 Å². The highest BCUT2D eigenvalue weighted by Crippen LogP contribution is 2.44. The minimum atomic E-state index is -1.04. The molecule has 29 heavy (non-hydrogen) atoms. The molecular weight excluding hydrogens is 368 g/mol. The molecule has 6 heteroatoms. The van der Waals surface area contributed by atoms with Gasteiger partial charge in [-0.05, 0) is 55.5 Å². The molecule has 3 aromatic rings. The quantitative estimate of drug-likeness (QED) is 0.673. The van der Waals surface area contributed by atoms with Crippen molar-refractivity contribution in [3.05, 3.63) is 64.3 Å². The first-order chi connectivity index (χ1) is 13.9. The van der Waals surface area contributed by atoms with Gasteiger partial charge in [-0.3, -0.25) is 4.79 Å². The van der Waals surface area contributed by atoms with E-state index in [4.69, 9.17) is 15.6 Å². The monoisotopic (exact) mass is 392 g/mol. The molecule has 3 N–H and O–H groups in total. The van der Waals surface area contributed by atoms with Gasteiger partial charge < -0.3 is 20.1 Å². The van der Waals surface area contributed by atoms with Crippen molar-refractivity contribution in [1.82, 2.24) is 4.57 Å². The molecule has 2 aromatic carbocycles. The molecule has 6 nitrogen and oxygen atoms in total. The predicted molar refractivity (Wildman–Crippen MR) is 110 cm³/mol. The smallest absolute Gasteiger partial charge is 0.341 e. The number of aliphatic carboxylic acids is 1. The SMILES string of the molecule is Cc1ccc(C)c(Cn2c3c(c4c(OCC(=O)O)cccc42)C(C(N)=O)CC3)c1. The fourth-order valence-corrected chi connectivity index (χ4v) is 4.39. The Labute approximate surface area is 168 Å². The maximum absolute atomic E-state index is 12.1. The Morgan fingerprint density at radius 3 is 2.76 bits per heavy atom. The fraction of sp³-hybridized carbons (Fsp3) is 0.304. The maximum Gasteiger partial charge on any atom is 0.341 e. The van der Waals surface area contributed by atoms with E-state index in [0.717, 1.165) is 28.6 Å². The number of aryl methyl sites for hydroxylation is 2. The van der Waals surface area contributed by atoms with E-state index in [9.17, 15) is 9.59 Å². The Hall–Kier alpha value is -3.28. The van der Waals surface area contributed by atoms with Crippen molar-refractivity contribution >= 4 is 22.8 Å². The van der Waals surface area contributed by atoms with Crippen molar-refractivity contribution < 1.29 is 19.4 Å². The van der Waals surface area contributed by atoms with E-state index in [1.807, 2.05) is 12.1 Å². The number of carboxylic acid groups (broad SMARTS) is 1. The minimum absolute atomic E-state index is 0.359. The van der Waals surface area contributed by atoms with Crippen LogP contribution in [-0.4, -0.2) is 28.2 Å². The minimum Gasteiger partial charge on any atom is -0.481 e. The summed E-state index contributed by atoms with van der Waals surface area (Å²) >= 11 is 0. The molecule has 1 aliphatic rings. The van der Waals surface area contributed by atoms with Gasteiger partial charge in [-0.2, -0.15) is 0 Å². The molecule has 0 saturated carbocycles. The molecule has 4 rings (SSSR count). The highest BCUT2D eigenvalue weighted by Gasteiger charge is 2.34. The lowest BCUT2D eigenvalue weighted by atomic mass is 9.99. The number of aromatic nitrogens is 1. The van der Waals surface area contributed by atoms with Gasteiger partial charge in [0.2, 0.25) is 5.91 Å². The van der Waals surface area contributed by atoms with Crippen molar-refractivity contribution in [1.29, 1.82) is 0 Å². The Kier molecular flexibility index (Phi) is 4.78. The van der Waals surface area contributed by atoms with E-state index in [1.54, 1.807) is 6.07 Å². The number of primary amides is 1. The van der Waals surface area contributed by atoms with Gasteiger partial charge >= 0.3 is 5.97 Å². The molecule has 0 bridgehead atoms. The number of hydrogen-bond donors (Lipinski definition) is 2. The second kappa shape index (κ2) is 7.28. The third-order valence-corrected chi connectivity index (χ3v) is 5.75. The van der Waals surface area contributed by atoms with Gasteiger partial charge in [0.05, 0.1) is 11.4 Å². The number of benzene rings is 2. The van der Waals surface area contributed by atoms with Crippen LogP contribution in [0.5, 0.6) is 5.75 Å². The summed E-state index contributed by atoms with van der Waals surface area (Å²) in [6.45, 7) is 4.40. The summed E-state index contributed by atoms with van der Waals surface area (Å²) in [6, 6.07) is 12.0. The number of carbonyl (C=O) groups excluding carboxylic acids is 1. The Bertz CT molecular complexity index is 1130. The molecule has 0 radical (unpaired) electrons. The molecule has 0 saturated heterocycles. The lowest BCUT2D eigenvalue weighted by Gasteiger charge is -2.13. The molecule has 1 amide bonds. The molecule has 0 fully saturated rings. The molecule has 1 aliphatic carbocycles. The fourth-order valence-electron chi connectivity index (χ4n) is 4.39. The van der Waals surface area contributed by atoms with Crippen LogP contribution < -0.4 is 10.5 Å². The summed E-state index contributed by atoms with van der Waals surface area (Å²) in [6.07, 6.45) is 1.41. The van der Waals surface area contributed by atoms with Crippen molar-refractivity contribution in [2.45, 2.75) is 39.2 Å². The standard InChI is InChI=1S/C23H24N2O4/c1-13-6-7-14(2)15(10-13)11-25-17-4-3-5-19(29-12-20(26)27)22(17)21-16(23(24)28)8-9-18(21)25/h3-7,10,16H,8-9,11-12H2,1-2H3,(H2,24,28)(H,26,27). The zero-order chi connectivity index (χ0) is 20.7. The molecule has 0 aliphatic heterocycles. The van der Waals surface area contributed by atoms with E-state index < -0.39 is 12.6 Å². The summed E-state index contributed by atoms with van der Waals surface area (Å²) < 4.78 is 7.80. The summed E-state index contributed by atoms with van der Waals surface area (Å²) in [5.74, 6) is -1.31. The van der Waals surface area contributed by atoms with Crippen molar-refractivity contribution in [2.24, 2.45) is 5.73 Å². The first-order valence-electron chi connectivity index (χ1n) is 9.71. The first kappa shape index (κ1) is 19.1. The topological polar surface area (TPSA) is 94.6 Å². The molecule has 1 aromatic heterocycles. The number of carbonyl (C=O) groups is 2. The van der Waals surface area contributed by atoms with E-state index >= 15 is 0 Å². The summed E-state index contributed by atoms with van der Waals surface area (Å²) in [4.78, 5) is 23.2. The Morgan fingerprint density at radius 2 is 2.03 bits per heavy atom. The maximum atomic E-state index is 12.1. The first-order valence-corrected chi connectivity index (χ1v) is 9.71. The molecule has 1 atom stereocenters. The highest BCUT2D eigenvalue weighted by molar-refractivity contribution is 5.97. The molecule has 1 unspecified atom stereocenters. The van der Waals surface area contributed by atoms with E-state index in [1.165, 1.54) is 16.7 Å². The van der Waals surface area contributed by atoms with E-state index in [0.29, 0.717) is 18.7 Å². The number of hydrogen-bond acceptors (Lipinski definition) is 3. The van der Waals surface area contributed by atoms with Crippen LogP contribution in [0.4, 0.5) is 0 Å². The van der Waals surface area contributed by atoms with Crippen LogP contribution in [0, 0.1) is 13.8 Å². The van der Waals surface area contributed by atoms with E-state index in [2.05, 4.69) is 36.6 Å². The molecular formula is C23H24N2O4. The zero-order valence-corrected chi connectivity index (χ0v) is 16.6. The Balaban J connectivity index is 1.91. The third-order valence-electron chi connectivity index (χ3n) is 5.75. The number of rotatable bonds is 6. The largest absolute Gasteiger partial charge is 0.481 e. The van der Waals surface area contributed by atoms with Crippen LogP contribution in [0.25, 0.3) is 10.9 Å². The molecule has 0 spiro atoms. The highest BCUT2D eigenvalue weighted by atomic mass is 16.5. The normalized spacial score (nSPS) is 15.4. The van der Waals surface area contributed by atoms with Gasteiger partial charge in [0.25, 0.3) is 0 Å². The van der Waals surface area contributed by atoms with Gasteiger partial charge in [-0.25, -0.2) is 4.79 Å². The van der Waals surface area contributed by atoms with Crippen LogP contribution in [0.15, 0.2) is 36.4 Å². The second-order valence-corrected chi connectivity index (χ2v) is 7.70. The number of amides is 1. The van der Waals surface area contributed by atoms with Gasteiger partial charge in [0.1, 0.15) is 5.75 Å². The number of fused-ring (bicyclic) bond motifs is 3. The summed E-state index contributed by atoms with van der Waals surface area (Å²) in [5.41, 5.74) is 12.2. The van der Waals surface area contributed by atoms with Crippen LogP contribution in [0.3, 0.4) is 0 Å². The van der Waals surface area contributed by atoms with Gasteiger partial charge in [-0.1, -0.05) is 29.8 Å². The van der Waals surface area contributed by atoms with Gasteiger partial charge in [-0.15, -0.1) is 0 Å². The van der Waals surface area contributed by atoms with Crippen molar-refractivity contribution in [3.8, 4) is 5.75 Å². The van der Waals surface area contributed by atoms with E-state index in [-0.39, 0.29) is 11.8 Å².